The molecule has 1 aromatic heterocycles. The fourth-order valence-electron chi connectivity index (χ4n) is 3.27. The Labute approximate surface area is 197 Å². The number of nitrogens with one attached hydrogen (secondary N) is 1. The Kier molecular flexibility index (Phi) is 8.92. The summed E-state index contributed by atoms with van der Waals surface area (Å²) in [7, 11) is -1.57. The van der Waals surface area contributed by atoms with Crippen molar-refractivity contribution in [1.82, 2.24) is 10.3 Å². The highest BCUT2D eigenvalue weighted by molar-refractivity contribution is 6.41. The van der Waals surface area contributed by atoms with E-state index in [0.29, 0.717) is 11.4 Å². The van der Waals surface area contributed by atoms with Gasteiger partial charge in [0.05, 0.1) is 30.3 Å². The average Bonchev–Trinajstić information content (AvgIpc) is 2.84. The highest BCUT2D eigenvalue weighted by Crippen LogP contribution is 2.23. The van der Waals surface area contributed by atoms with Crippen molar-refractivity contribution in [3.8, 4) is 11.8 Å². The molecule has 0 saturated heterocycles. The minimum Gasteiger partial charge on any atom is -0.493 e. The summed E-state index contributed by atoms with van der Waals surface area (Å²) < 4.78 is 19.9. The van der Waals surface area contributed by atoms with E-state index in [-0.39, 0.29) is 36.4 Å². The Bertz CT molecular complexity index is 1170. The third-order valence-electron chi connectivity index (χ3n) is 4.91. The Morgan fingerprint density at radius 3 is 2.62 bits per heavy atom. The van der Waals surface area contributed by atoms with Crippen LogP contribution in [0.2, 0.25) is 6.32 Å². The lowest BCUT2D eigenvalue weighted by molar-refractivity contribution is -0.122. The summed E-state index contributed by atoms with van der Waals surface area (Å²) in [6.07, 6.45) is 2.89. The molecule has 0 fully saturated rings. The van der Waals surface area contributed by atoms with Gasteiger partial charge in [-0.25, -0.2) is 4.39 Å². The van der Waals surface area contributed by atoms with E-state index in [9.17, 15) is 24.5 Å². The number of allylic oxidation sites excluding steroid dienone is 1. The molecule has 3 aromatic rings. The van der Waals surface area contributed by atoms with Gasteiger partial charge in [-0.3, -0.25) is 9.78 Å². The molecule has 1 atom stereocenters. The van der Waals surface area contributed by atoms with Gasteiger partial charge in [-0.15, -0.1) is 0 Å². The third kappa shape index (κ3) is 7.27. The van der Waals surface area contributed by atoms with Crippen LogP contribution in [0.3, 0.4) is 0 Å². The molecular weight excluding hydrogens is 436 g/mol. The topological polar surface area (TPSA) is 115 Å². The van der Waals surface area contributed by atoms with Gasteiger partial charge in [0.15, 0.2) is 0 Å². The number of benzene rings is 2. The Hall–Kier alpha value is -4.00. The molecule has 3 rings (SSSR count). The maximum Gasteiger partial charge on any atom is 0.453 e. The van der Waals surface area contributed by atoms with Crippen molar-refractivity contribution < 1.29 is 24.0 Å². The van der Waals surface area contributed by atoms with E-state index in [1.54, 1.807) is 48.7 Å². The summed E-state index contributed by atoms with van der Waals surface area (Å²) >= 11 is 0. The number of halogens is 1. The SMILES string of the molecule is N#CC(=Cc1cc(OCCC(=O)N[C@@H](CB(O)O)c2ccccc2)ccc1F)c1ccccn1. The molecule has 0 aliphatic carbocycles. The summed E-state index contributed by atoms with van der Waals surface area (Å²) in [4.78, 5) is 16.5. The molecule has 0 saturated carbocycles. The largest absolute Gasteiger partial charge is 0.493 e. The number of carbonyl (C=O) groups is 1. The molecule has 172 valence electrons. The molecular formula is C25H23BFN3O4. The lowest BCUT2D eigenvalue weighted by Gasteiger charge is -2.19. The predicted molar refractivity (Wildman–Crippen MR) is 127 cm³/mol. The van der Waals surface area contributed by atoms with Crippen LogP contribution in [0.4, 0.5) is 4.39 Å². The number of carbonyl (C=O) groups excluding carboxylic acids is 1. The van der Waals surface area contributed by atoms with Crippen molar-refractivity contribution in [2.45, 2.75) is 18.8 Å². The van der Waals surface area contributed by atoms with Crippen molar-refractivity contribution in [2.24, 2.45) is 0 Å². The molecule has 0 spiro atoms. The highest BCUT2D eigenvalue weighted by Gasteiger charge is 2.20. The average molecular weight is 459 g/mol. The number of hydrogen-bond donors (Lipinski definition) is 3. The molecule has 0 radical (unpaired) electrons. The maximum absolute atomic E-state index is 14.3. The Morgan fingerprint density at radius 1 is 1.18 bits per heavy atom. The van der Waals surface area contributed by atoms with Crippen LogP contribution in [0.5, 0.6) is 5.75 Å². The number of rotatable bonds is 10. The van der Waals surface area contributed by atoms with E-state index in [2.05, 4.69) is 10.3 Å². The highest BCUT2D eigenvalue weighted by atomic mass is 19.1. The minimum atomic E-state index is -1.57. The van der Waals surface area contributed by atoms with Crippen LogP contribution in [0, 0.1) is 17.1 Å². The number of pyridine rings is 1. The maximum atomic E-state index is 14.3. The lowest BCUT2D eigenvalue weighted by atomic mass is 9.79. The van der Waals surface area contributed by atoms with Crippen molar-refractivity contribution in [3.05, 3.63) is 95.6 Å². The molecule has 34 heavy (non-hydrogen) atoms. The quantitative estimate of drug-likeness (QED) is 0.316. The van der Waals surface area contributed by atoms with Gasteiger partial charge in [0.2, 0.25) is 5.91 Å². The summed E-state index contributed by atoms with van der Waals surface area (Å²) in [6.45, 7) is 0.0230. The normalized spacial score (nSPS) is 11.9. The molecule has 3 N–H and O–H groups in total. The molecule has 7 nitrogen and oxygen atoms in total. The summed E-state index contributed by atoms with van der Waals surface area (Å²) in [5.41, 5.74) is 1.54. The lowest BCUT2D eigenvalue weighted by Crippen LogP contribution is -2.32. The summed E-state index contributed by atoms with van der Waals surface area (Å²) in [5, 5.41) is 30.9. The van der Waals surface area contributed by atoms with E-state index >= 15 is 0 Å². The van der Waals surface area contributed by atoms with Crippen LogP contribution < -0.4 is 10.1 Å². The zero-order valence-electron chi connectivity index (χ0n) is 18.3. The molecule has 9 heteroatoms. The second-order valence-corrected chi connectivity index (χ2v) is 7.41. The van der Waals surface area contributed by atoms with E-state index in [0.717, 1.165) is 5.56 Å². The van der Waals surface area contributed by atoms with Gasteiger partial charge in [-0.2, -0.15) is 5.26 Å². The van der Waals surface area contributed by atoms with Gasteiger partial charge in [-0.05, 0) is 42.0 Å². The Morgan fingerprint density at radius 2 is 1.94 bits per heavy atom. The summed E-state index contributed by atoms with van der Waals surface area (Å²) in [6, 6.07) is 19.7. The predicted octanol–water partition coefficient (Wildman–Crippen LogP) is 3.38. The van der Waals surface area contributed by atoms with Gasteiger partial charge >= 0.3 is 7.12 Å². The fourth-order valence-corrected chi connectivity index (χ4v) is 3.27. The van der Waals surface area contributed by atoms with Gasteiger partial charge in [-0.1, -0.05) is 36.4 Å². The Balaban J connectivity index is 1.62. The van der Waals surface area contributed by atoms with Crippen LogP contribution in [0.1, 0.15) is 29.3 Å². The first-order chi connectivity index (χ1) is 16.5. The zero-order chi connectivity index (χ0) is 24.3. The number of nitriles is 1. The molecule has 0 unspecified atom stereocenters. The minimum absolute atomic E-state index is 0.00475. The number of nitrogens with zero attached hydrogens (tertiary/aromatic N) is 2. The van der Waals surface area contributed by atoms with Crippen LogP contribution in [-0.2, 0) is 4.79 Å². The van der Waals surface area contributed by atoms with Crippen LogP contribution in [0.25, 0.3) is 11.6 Å². The van der Waals surface area contributed by atoms with Crippen molar-refractivity contribution in [3.63, 3.8) is 0 Å². The number of hydrogen-bond acceptors (Lipinski definition) is 6. The van der Waals surface area contributed by atoms with Gasteiger partial charge in [0.25, 0.3) is 0 Å². The second-order valence-electron chi connectivity index (χ2n) is 7.41. The molecule has 0 aliphatic rings. The number of ether oxygens (including phenoxy) is 1. The van der Waals surface area contributed by atoms with Crippen LogP contribution >= 0.6 is 0 Å². The zero-order valence-corrected chi connectivity index (χ0v) is 18.3. The van der Waals surface area contributed by atoms with Gasteiger partial charge in [0.1, 0.15) is 17.6 Å². The van der Waals surface area contributed by atoms with E-state index < -0.39 is 19.0 Å². The number of amides is 1. The smallest absolute Gasteiger partial charge is 0.453 e. The van der Waals surface area contributed by atoms with E-state index in [4.69, 9.17) is 4.74 Å². The van der Waals surface area contributed by atoms with Gasteiger partial charge < -0.3 is 20.1 Å². The van der Waals surface area contributed by atoms with Crippen LogP contribution in [0.15, 0.2) is 72.9 Å². The van der Waals surface area contributed by atoms with Crippen molar-refractivity contribution >= 4 is 24.7 Å². The van der Waals surface area contributed by atoms with Crippen molar-refractivity contribution in [1.29, 1.82) is 5.26 Å². The summed E-state index contributed by atoms with van der Waals surface area (Å²) in [5.74, 6) is -0.523. The van der Waals surface area contributed by atoms with Crippen molar-refractivity contribution in [2.75, 3.05) is 6.61 Å². The number of aromatic nitrogens is 1. The molecule has 1 amide bonds. The first-order valence-corrected chi connectivity index (χ1v) is 10.6. The molecule has 0 aliphatic heterocycles. The van der Waals surface area contributed by atoms with Crippen LogP contribution in [-0.4, -0.2) is 34.7 Å². The fraction of sp³-hybridized carbons (Fsp3) is 0.160. The van der Waals surface area contributed by atoms with Gasteiger partial charge in [0, 0.05) is 18.1 Å². The first-order valence-electron chi connectivity index (χ1n) is 10.6. The van der Waals surface area contributed by atoms with E-state index in [1.807, 2.05) is 12.1 Å². The molecule has 0 bridgehead atoms. The van der Waals surface area contributed by atoms with E-state index in [1.165, 1.54) is 24.3 Å². The first kappa shape index (κ1) is 24.6. The monoisotopic (exact) mass is 459 g/mol. The molecule has 2 aromatic carbocycles. The standard InChI is InChI=1S/C25H23BFN3O4/c27-22-10-9-21(15-19(22)14-20(17-28)23-8-4-5-12-29-23)34-13-11-25(31)30-24(16-26(32)33)18-6-2-1-3-7-18/h1-10,12,14-15,24,32-33H,11,13,16H2,(H,30,31)/t24-/m0/s1. The third-order valence-corrected chi connectivity index (χ3v) is 4.91. The second kappa shape index (κ2) is 12.3. The molecule has 1 heterocycles.